The summed E-state index contributed by atoms with van der Waals surface area (Å²) in [4.78, 5) is 3.90. The molecule has 0 aliphatic rings. The molecule has 0 radical (unpaired) electrons. The van der Waals surface area contributed by atoms with Crippen molar-refractivity contribution in [2.45, 2.75) is 6.54 Å². The van der Waals surface area contributed by atoms with E-state index in [1.54, 1.807) is 0 Å². The van der Waals surface area contributed by atoms with Crippen LogP contribution < -0.4 is 16.8 Å². The van der Waals surface area contributed by atoms with Gasteiger partial charge in [-0.25, -0.2) is 0 Å². The summed E-state index contributed by atoms with van der Waals surface area (Å²) in [6.45, 7) is 0.422. The number of nitrogens with two attached hydrogens (primary N) is 2. The topological polar surface area (TPSA) is 102 Å². The molecule has 6 nitrogen and oxygen atoms in total. The van der Waals surface area contributed by atoms with Crippen molar-refractivity contribution >= 4 is 30.8 Å². The van der Waals surface area contributed by atoms with Crippen LogP contribution in [-0.4, -0.2) is 30.7 Å². The van der Waals surface area contributed by atoms with Crippen molar-refractivity contribution in [2.24, 2.45) is 16.5 Å². The number of aliphatic imine (C=N–C) groups is 1. The van der Waals surface area contributed by atoms with Gasteiger partial charge in [0.05, 0.1) is 0 Å². The summed E-state index contributed by atoms with van der Waals surface area (Å²) in [5, 5.41) is 11.3. The molecule has 0 atom stereocenters. The van der Waals surface area contributed by atoms with E-state index in [4.69, 9.17) is 11.5 Å². The molecule has 1 aromatic carbocycles. The van der Waals surface area contributed by atoms with Gasteiger partial charge in [0.2, 0.25) is 0 Å². The number of hydrogen-bond donors (Lipinski definition) is 3. The minimum absolute atomic E-state index is 0.0643. The van der Waals surface area contributed by atoms with Crippen LogP contribution >= 0.6 is 0 Å². The molecule has 1 heterocycles. The first-order chi connectivity index (χ1) is 8.24. The second-order valence-corrected chi connectivity index (χ2v) is 5.46. The van der Waals surface area contributed by atoms with Gasteiger partial charge in [-0.1, -0.05) is 0 Å². The molecule has 0 amide bonds. The fourth-order valence-corrected chi connectivity index (χ4v) is 2.61. The van der Waals surface area contributed by atoms with Crippen LogP contribution in [0.3, 0.4) is 0 Å². The van der Waals surface area contributed by atoms with Crippen molar-refractivity contribution in [1.82, 2.24) is 10.2 Å². The van der Waals surface area contributed by atoms with E-state index >= 15 is 0 Å². The molecule has 5 N–H and O–H groups in total. The zero-order chi connectivity index (χ0) is 12.1. The van der Waals surface area contributed by atoms with Crippen molar-refractivity contribution in [3.63, 3.8) is 0 Å². The molecule has 0 aliphatic carbocycles. The first-order valence-electron chi connectivity index (χ1n) is 4.94. The van der Waals surface area contributed by atoms with E-state index in [0.717, 1.165) is 14.9 Å². The number of hydrogen-bond acceptors (Lipinski definition) is 4. The number of guanidine groups is 1. The Morgan fingerprint density at radius 1 is 1.24 bits per heavy atom. The van der Waals surface area contributed by atoms with Gasteiger partial charge in [-0.15, -0.1) is 0 Å². The molecule has 88 valence electrons. The number of anilines is 2. The molecule has 0 saturated heterocycles. The number of nitrogens with zero attached hydrogens (tertiary/aromatic N) is 3. The molecule has 0 saturated carbocycles. The predicted molar refractivity (Wildman–Crippen MR) is 68.2 cm³/mol. The van der Waals surface area contributed by atoms with Crippen molar-refractivity contribution in [3.8, 4) is 0 Å². The van der Waals surface area contributed by atoms with E-state index in [1.165, 1.54) is 0 Å². The summed E-state index contributed by atoms with van der Waals surface area (Å²) in [7, 11) is 0. The van der Waals surface area contributed by atoms with Crippen LogP contribution in [0.4, 0.5) is 10.4 Å². The quantitative estimate of drug-likeness (QED) is 0.420. The fourth-order valence-electron chi connectivity index (χ4n) is 1.17. The van der Waals surface area contributed by atoms with Crippen molar-refractivity contribution in [2.75, 3.05) is 5.32 Å². The molecule has 1 aromatic heterocycles. The third-order valence-corrected chi connectivity index (χ3v) is 3.62. The van der Waals surface area contributed by atoms with Gasteiger partial charge < -0.3 is 0 Å². The molecular formula is C10H12N6Se. The van der Waals surface area contributed by atoms with Gasteiger partial charge in [0.15, 0.2) is 0 Å². The molecule has 0 unspecified atom stereocenters. The fraction of sp³-hybridized carbons (Fsp3) is 0.100. The van der Waals surface area contributed by atoms with E-state index in [1.807, 2.05) is 30.3 Å². The second-order valence-electron chi connectivity index (χ2n) is 3.23. The molecule has 0 fully saturated rings. The van der Waals surface area contributed by atoms with Crippen molar-refractivity contribution in [1.29, 1.82) is 0 Å². The summed E-state index contributed by atoms with van der Waals surface area (Å²) < 4.78 is 1.77. The molecule has 17 heavy (non-hydrogen) atoms. The van der Waals surface area contributed by atoms with Gasteiger partial charge in [0, 0.05) is 0 Å². The Morgan fingerprint density at radius 2 is 2.00 bits per heavy atom. The molecule has 2 aromatic rings. The standard InChI is InChI=1S/C10H12N6Se/c11-9(12)13-6-8-15-16-10(17-8)14-7-4-2-1-3-5-7/h1-5H,6H2,(H,14,16)(H4,11,12,13). The molecule has 7 heteroatoms. The maximum atomic E-state index is 5.26. The summed E-state index contributed by atoms with van der Waals surface area (Å²) >= 11 is 0.0643. The van der Waals surface area contributed by atoms with E-state index in [9.17, 15) is 0 Å². The van der Waals surface area contributed by atoms with Gasteiger partial charge in [0.1, 0.15) is 0 Å². The zero-order valence-corrected chi connectivity index (χ0v) is 10.7. The van der Waals surface area contributed by atoms with Gasteiger partial charge >= 0.3 is 104 Å². The normalized spacial score (nSPS) is 9.88. The van der Waals surface area contributed by atoms with Crippen LogP contribution in [0.15, 0.2) is 35.3 Å². The van der Waals surface area contributed by atoms with Gasteiger partial charge in [-0.2, -0.15) is 0 Å². The number of nitrogens with one attached hydrogen (secondary N) is 1. The van der Waals surface area contributed by atoms with Crippen LogP contribution in [0.25, 0.3) is 0 Å². The molecule has 0 bridgehead atoms. The van der Waals surface area contributed by atoms with Crippen molar-refractivity contribution < 1.29 is 0 Å². The average molecular weight is 295 g/mol. The van der Waals surface area contributed by atoms with Gasteiger partial charge in [-0.05, 0) is 0 Å². The number of benzene rings is 1. The Kier molecular flexibility index (Phi) is 3.74. The second kappa shape index (κ2) is 5.47. The van der Waals surface area contributed by atoms with Crippen LogP contribution in [0.2, 0.25) is 0 Å². The molecule has 2 rings (SSSR count). The maximum absolute atomic E-state index is 5.26. The van der Waals surface area contributed by atoms with Gasteiger partial charge in [0.25, 0.3) is 0 Å². The van der Waals surface area contributed by atoms with Crippen molar-refractivity contribution in [3.05, 3.63) is 34.9 Å². The van der Waals surface area contributed by atoms with E-state index in [0.29, 0.717) is 6.54 Å². The van der Waals surface area contributed by atoms with Crippen LogP contribution in [0, 0.1) is 0 Å². The predicted octanol–water partition coefficient (Wildman–Crippen LogP) is 0.0506. The minimum atomic E-state index is 0.0643. The number of rotatable bonds is 4. The summed E-state index contributed by atoms with van der Waals surface area (Å²) in [6, 6.07) is 9.85. The molecular weight excluding hydrogens is 283 g/mol. The first-order valence-corrected chi connectivity index (χ1v) is 6.65. The zero-order valence-electron chi connectivity index (χ0n) is 9.00. The Balaban J connectivity index is 2.01. The summed E-state index contributed by atoms with van der Waals surface area (Å²) in [6.07, 6.45) is 0. The third kappa shape index (κ3) is 3.58. The summed E-state index contributed by atoms with van der Waals surface area (Å²) in [5.41, 5.74) is 11.5. The average Bonchev–Trinajstić information content (AvgIpc) is 2.75. The Morgan fingerprint density at radius 3 is 2.71 bits per heavy atom. The first kappa shape index (κ1) is 11.6. The molecule has 0 spiro atoms. The molecule has 0 aliphatic heterocycles. The van der Waals surface area contributed by atoms with Crippen LogP contribution in [0.5, 0.6) is 0 Å². The van der Waals surface area contributed by atoms with E-state index in [2.05, 4.69) is 20.5 Å². The number of aromatic nitrogens is 2. The summed E-state index contributed by atoms with van der Waals surface area (Å²) in [5.74, 6) is 0.0768. The van der Waals surface area contributed by atoms with E-state index < -0.39 is 0 Å². The Hall–Kier alpha value is -1.85. The monoisotopic (exact) mass is 296 g/mol. The third-order valence-electron chi connectivity index (χ3n) is 1.89. The van der Waals surface area contributed by atoms with Crippen LogP contribution in [-0.2, 0) is 6.54 Å². The van der Waals surface area contributed by atoms with E-state index in [-0.39, 0.29) is 20.5 Å². The van der Waals surface area contributed by atoms with Gasteiger partial charge in [-0.3, -0.25) is 0 Å². The Bertz CT molecular complexity index is 503. The Labute approximate surface area is 105 Å². The van der Waals surface area contributed by atoms with Crippen LogP contribution in [0.1, 0.15) is 4.57 Å². The number of para-hydroxylation sites is 1. The SMILES string of the molecule is NC(N)=NCc1nnc(Nc2ccccc2)[se]1.